The summed E-state index contributed by atoms with van der Waals surface area (Å²) >= 11 is 0. The Morgan fingerprint density at radius 2 is 1.70 bits per heavy atom. The number of nitrogens with two attached hydrogens (primary N) is 1. The lowest BCUT2D eigenvalue weighted by atomic mass is 9.91. The Morgan fingerprint density at radius 1 is 0.970 bits per heavy atom. The number of nitrogens with zero attached hydrogens (tertiary/aromatic N) is 3. The van der Waals surface area contributed by atoms with Gasteiger partial charge in [0.1, 0.15) is 5.69 Å². The second-order valence-corrected chi connectivity index (χ2v) is 9.69. The number of hydrogen-bond donors (Lipinski definition) is 2. The molecule has 0 bridgehead atoms. The van der Waals surface area contributed by atoms with Crippen LogP contribution in [0.25, 0.3) is 0 Å². The van der Waals surface area contributed by atoms with E-state index in [0.717, 1.165) is 57.8 Å². The van der Waals surface area contributed by atoms with Crippen LogP contribution in [0.4, 0.5) is 11.4 Å². The van der Waals surface area contributed by atoms with Crippen molar-refractivity contribution in [2.24, 2.45) is 11.7 Å². The van der Waals surface area contributed by atoms with Crippen molar-refractivity contribution in [2.45, 2.75) is 69.9 Å². The molecular weight excluding hydrogens is 422 g/mol. The molecule has 1 aromatic carbocycles. The molecule has 9 heteroatoms. The lowest BCUT2D eigenvalue weighted by Crippen LogP contribution is -2.40. The van der Waals surface area contributed by atoms with Crippen LogP contribution >= 0.6 is 0 Å². The highest BCUT2D eigenvalue weighted by Crippen LogP contribution is 2.31. The predicted octanol–water partition coefficient (Wildman–Crippen LogP) is 2.82. The molecule has 4 rings (SSSR count). The third-order valence-corrected chi connectivity index (χ3v) is 7.39. The zero-order valence-electron chi connectivity index (χ0n) is 19.2. The Morgan fingerprint density at radius 3 is 2.39 bits per heavy atom. The molecule has 1 aromatic rings. The van der Waals surface area contributed by atoms with E-state index in [1.165, 1.54) is 6.07 Å². The topological polar surface area (TPSA) is 122 Å². The van der Waals surface area contributed by atoms with Gasteiger partial charge in [-0.3, -0.25) is 19.7 Å². The van der Waals surface area contributed by atoms with Crippen LogP contribution in [0.5, 0.6) is 0 Å². The van der Waals surface area contributed by atoms with Crippen molar-refractivity contribution < 1.29 is 14.5 Å². The van der Waals surface area contributed by atoms with E-state index >= 15 is 0 Å². The van der Waals surface area contributed by atoms with Crippen LogP contribution in [0.2, 0.25) is 0 Å². The zero-order chi connectivity index (χ0) is 23.4. The fourth-order valence-corrected chi connectivity index (χ4v) is 5.42. The highest BCUT2D eigenvalue weighted by molar-refractivity contribution is 5.96. The molecule has 3 fully saturated rings. The molecule has 2 amide bonds. The fourth-order valence-electron chi connectivity index (χ4n) is 5.42. The first-order valence-corrected chi connectivity index (χ1v) is 12.3. The number of benzene rings is 1. The number of carbonyl (C=O) groups is 2. The molecule has 1 saturated heterocycles. The van der Waals surface area contributed by atoms with Gasteiger partial charge < -0.3 is 20.9 Å². The molecule has 0 radical (unpaired) electrons. The van der Waals surface area contributed by atoms with Crippen molar-refractivity contribution in [3.63, 3.8) is 0 Å². The summed E-state index contributed by atoms with van der Waals surface area (Å²) in [5.74, 6) is 0.0949. The Labute approximate surface area is 194 Å². The molecule has 2 saturated carbocycles. The molecule has 0 spiro atoms. The first kappa shape index (κ1) is 23.5. The van der Waals surface area contributed by atoms with E-state index in [0.29, 0.717) is 37.4 Å². The summed E-state index contributed by atoms with van der Waals surface area (Å²) in [6.07, 6.45) is 8.37. The van der Waals surface area contributed by atoms with E-state index in [-0.39, 0.29) is 35.5 Å². The molecule has 3 N–H and O–H groups in total. The predicted molar refractivity (Wildman–Crippen MR) is 126 cm³/mol. The maximum Gasteiger partial charge on any atom is 0.293 e. The molecule has 9 nitrogen and oxygen atoms in total. The molecule has 2 aliphatic carbocycles. The molecule has 33 heavy (non-hydrogen) atoms. The summed E-state index contributed by atoms with van der Waals surface area (Å²) in [6, 6.07) is 4.98. The lowest BCUT2D eigenvalue weighted by molar-refractivity contribution is -0.384. The Hall–Kier alpha value is -2.68. The molecule has 0 atom stereocenters. The van der Waals surface area contributed by atoms with Gasteiger partial charge >= 0.3 is 0 Å². The molecule has 1 heterocycles. The van der Waals surface area contributed by atoms with E-state index in [4.69, 9.17) is 5.73 Å². The Balaban J connectivity index is 1.43. The van der Waals surface area contributed by atoms with E-state index in [9.17, 15) is 19.7 Å². The van der Waals surface area contributed by atoms with E-state index in [1.807, 2.05) is 9.80 Å². The van der Waals surface area contributed by atoms with Crippen molar-refractivity contribution >= 4 is 23.2 Å². The van der Waals surface area contributed by atoms with Gasteiger partial charge in [-0.25, -0.2) is 0 Å². The third-order valence-electron chi connectivity index (χ3n) is 7.39. The van der Waals surface area contributed by atoms with Crippen molar-refractivity contribution in [1.82, 2.24) is 10.2 Å². The highest BCUT2D eigenvalue weighted by atomic mass is 16.6. The highest BCUT2D eigenvalue weighted by Gasteiger charge is 2.30. The van der Waals surface area contributed by atoms with Gasteiger partial charge in [0.25, 0.3) is 11.6 Å². The van der Waals surface area contributed by atoms with E-state index < -0.39 is 4.92 Å². The molecule has 3 aliphatic rings. The SMILES string of the molecule is NC1CCC(NC(=O)c2ccc(N3CCCN(C(=O)C4CCCC4)CC3)c([N+](=O)[O-])c2)CC1. The molecule has 0 unspecified atom stereocenters. The van der Waals surface area contributed by atoms with Gasteiger partial charge in [-0.15, -0.1) is 0 Å². The summed E-state index contributed by atoms with van der Waals surface area (Å²) in [5, 5.41) is 14.9. The Bertz CT molecular complexity index is 878. The molecule has 1 aliphatic heterocycles. The summed E-state index contributed by atoms with van der Waals surface area (Å²) in [6.45, 7) is 2.44. The van der Waals surface area contributed by atoms with Crippen LogP contribution in [-0.2, 0) is 4.79 Å². The number of anilines is 1. The summed E-state index contributed by atoms with van der Waals surface area (Å²) in [5.41, 5.74) is 6.68. The van der Waals surface area contributed by atoms with Crippen molar-refractivity contribution in [1.29, 1.82) is 0 Å². The molecule has 0 aromatic heterocycles. The number of nitro benzene ring substituents is 1. The van der Waals surface area contributed by atoms with Gasteiger partial charge in [0.15, 0.2) is 0 Å². The first-order chi connectivity index (χ1) is 15.9. The van der Waals surface area contributed by atoms with Crippen LogP contribution in [0.3, 0.4) is 0 Å². The average Bonchev–Trinajstić information content (AvgIpc) is 3.24. The van der Waals surface area contributed by atoms with Gasteiger partial charge in [0, 0.05) is 55.8 Å². The fraction of sp³-hybridized carbons (Fsp3) is 0.667. The van der Waals surface area contributed by atoms with Gasteiger partial charge in [-0.2, -0.15) is 0 Å². The number of nitrogens with one attached hydrogen (secondary N) is 1. The van der Waals surface area contributed by atoms with Crippen LogP contribution in [0.1, 0.15) is 68.1 Å². The summed E-state index contributed by atoms with van der Waals surface area (Å²) in [4.78, 5) is 40.9. The smallest absolute Gasteiger partial charge is 0.293 e. The van der Waals surface area contributed by atoms with Crippen LogP contribution in [0, 0.1) is 16.0 Å². The number of amides is 2. The van der Waals surface area contributed by atoms with Gasteiger partial charge in [-0.05, 0) is 57.1 Å². The third kappa shape index (κ3) is 5.63. The molecule has 180 valence electrons. The van der Waals surface area contributed by atoms with Gasteiger partial charge in [0.05, 0.1) is 4.92 Å². The zero-order valence-corrected chi connectivity index (χ0v) is 19.2. The van der Waals surface area contributed by atoms with Crippen LogP contribution in [0.15, 0.2) is 18.2 Å². The van der Waals surface area contributed by atoms with E-state index in [2.05, 4.69) is 5.32 Å². The number of nitro groups is 1. The van der Waals surface area contributed by atoms with E-state index in [1.54, 1.807) is 12.1 Å². The van der Waals surface area contributed by atoms with Crippen LogP contribution < -0.4 is 16.0 Å². The second-order valence-electron chi connectivity index (χ2n) is 9.69. The minimum atomic E-state index is -0.419. The van der Waals surface area contributed by atoms with Crippen molar-refractivity contribution in [3.8, 4) is 0 Å². The normalized spacial score (nSPS) is 24.4. The van der Waals surface area contributed by atoms with Crippen molar-refractivity contribution in [2.75, 3.05) is 31.1 Å². The monoisotopic (exact) mass is 457 g/mol. The standard InChI is InChI=1S/C24H35N5O4/c25-19-7-9-20(10-8-19)26-23(30)18-6-11-21(22(16-18)29(32)33)27-12-3-13-28(15-14-27)24(31)17-4-1-2-5-17/h6,11,16-17,19-20H,1-5,7-10,12-15,25H2,(H,26,30). The summed E-state index contributed by atoms with van der Waals surface area (Å²) < 4.78 is 0. The quantitative estimate of drug-likeness (QED) is 0.518. The minimum Gasteiger partial charge on any atom is -0.364 e. The second kappa shape index (κ2) is 10.5. The first-order valence-electron chi connectivity index (χ1n) is 12.3. The number of carbonyl (C=O) groups excluding carboxylic acids is 2. The van der Waals surface area contributed by atoms with Gasteiger partial charge in [0.2, 0.25) is 5.91 Å². The maximum absolute atomic E-state index is 12.8. The Kier molecular flexibility index (Phi) is 7.47. The molecular formula is C24H35N5O4. The van der Waals surface area contributed by atoms with Crippen LogP contribution in [-0.4, -0.2) is 59.9 Å². The lowest BCUT2D eigenvalue weighted by Gasteiger charge is -2.27. The maximum atomic E-state index is 12.8. The summed E-state index contributed by atoms with van der Waals surface area (Å²) in [7, 11) is 0. The average molecular weight is 458 g/mol. The van der Waals surface area contributed by atoms with Crippen molar-refractivity contribution in [3.05, 3.63) is 33.9 Å². The largest absolute Gasteiger partial charge is 0.364 e. The minimum absolute atomic E-state index is 0.0602. The number of hydrogen-bond acceptors (Lipinski definition) is 6. The number of rotatable bonds is 5. The van der Waals surface area contributed by atoms with Gasteiger partial charge in [-0.1, -0.05) is 12.8 Å².